The maximum Gasteiger partial charge on any atom is 0.262 e. The van der Waals surface area contributed by atoms with Crippen LogP contribution in [0.1, 0.15) is 91.2 Å². The van der Waals surface area contributed by atoms with Crippen molar-refractivity contribution in [3.63, 3.8) is 0 Å². The van der Waals surface area contributed by atoms with Gasteiger partial charge in [0.25, 0.3) is 11.8 Å². The van der Waals surface area contributed by atoms with Gasteiger partial charge < -0.3 is 10.0 Å². The first kappa shape index (κ1) is 35.0. The van der Waals surface area contributed by atoms with E-state index in [4.69, 9.17) is 0 Å². The van der Waals surface area contributed by atoms with Gasteiger partial charge in [-0.3, -0.25) is 43.8 Å². The number of aryl methyl sites for hydroxylation is 1. The second-order valence-corrected chi connectivity index (χ2v) is 16.0. The number of carbonyl (C=O) groups excluding carboxylic acids is 5. The summed E-state index contributed by atoms with van der Waals surface area (Å²) in [6.07, 6.45) is 6.04. The summed E-state index contributed by atoms with van der Waals surface area (Å²) in [5.41, 5.74) is 9.39. The first-order chi connectivity index (χ1) is 27.7. The molecule has 0 radical (unpaired) electrons. The van der Waals surface area contributed by atoms with Crippen LogP contribution in [0.15, 0.2) is 97.3 Å². The summed E-state index contributed by atoms with van der Waals surface area (Å²) in [5, 5.41) is 17.1. The molecule has 10 rings (SSSR count). The lowest BCUT2D eigenvalue weighted by Crippen LogP contribution is -2.54. The number of hydrogen-bond acceptors (Lipinski definition) is 8. The van der Waals surface area contributed by atoms with Gasteiger partial charge in [-0.2, -0.15) is 5.10 Å². The molecule has 2 fully saturated rings. The van der Waals surface area contributed by atoms with Gasteiger partial charge in [0.1, 0.15) is 11.8 Å². The number of likely N-dealkylation sites (tertiary alicyclic amines) is 1. The Bertz CT molecular complexity index is 2440. The predicted molar refractivity (Wildman–Crippen MR) is 208 cm³/mol. The first-order valence-corrected chi connectivity index (χ1v) is 19.6. The maximum atomic E-state index is 13.3. The van der Waals surface area contributed by atoms with E-state index in [-0.39, 0.29) is 48.4 Å². The van der Waals surface area contributed by atoms with E-state index >= 15 is 0 Å². The highest BCUT2D eigenvalue weighted by Crippen LogP contribution is 2.47. The summed E-state index contributed by atoms with van der Waals surface area (Å²) in [5.74, 6) is -1.28. The molecule has 3 atom stereocenters. The molecule has 5 aromatic rings. The van der Waals surface area contributed by atoms with E-state index in [1.54, 1.807) is 18.2 Å². The zero-order valence-corrected chi connectivity index (χ0v) is 31.1. The molecule has 2 N–H and O–H groups in total. The van der Waals surface area contributed by atoms with Crippen molar-refractivity contribution in [2.45, 2.75) is 62.7 Å². The predicted octanol–water partition coefficient (Wildman–Crippen LogP) is 4.92. The number of nitrogens with one attached hydrogen (secondary N) is 1. The number of hydrogen-bond donors (Lipinski definition) is 2. The van der Waals surface area contributed by atoms with Crippen LogP contribution in [0.5, 0.6) is 5.75 Å². The molecule has 5 heterocycles. The van der Waals surface area contributed by atoms with Crippen LogP contribution < -0.4 is 5.32 Å². The SMILES string of the molecule is O=C1CCC(N2C(=O)c3cc4c(cc3C2=O)CN(CC(=O)N2CC(n3cc(-c5ccc([C@@H]6c7ccc(O)cc7CC[C@@H]6c6ccccc6)cc5)cn3)C2)C4)C(=O)N1. The summed E-state index contributed by atoms with van der Waals surface area (Å²) in [4.78, 5) is 68.8. The minimum Gasteiger partial charge on any atom is -0.508 e. The molecule has 12 nitrogen and oxygen atoms in total. The summed E-state index contributed by atoms with van der Waals surface area (Å²) in [6.45, 7) is 2.27. The number of amides is 5. The topological polar surface area (TPSA) is 145 Å². The number of fused-ring (bicyclic) bond motifs is 3. The molecule has 12 heteroatoms. The van der Waals surface area contributed by atoms with Crippen molar-refractivity contribution in [1.29, 1.82) is 0 Å². The molecule has 286 valence electrons. The third-order valence-corrected chi connectivity index (χ3v) is 12.5. The van der Waals surface area contributed by atoms with Crippen molar-refractivity contribution in [3.8, 4) is 16.9 Å². The number of phenolic OH excluding ortho intramolecular Hbond substituents is 1. The minimum atomic E-state index is -1.00. The lowest BCUT2D eigenvalue weighted by Gasteiger charge is -2.39. The molecule has 0 bridgehead atoms. The Hall–Kier alpha value is -6.40. The van der Waals surface area contributed by atoms with Crippen LogP contribution in [0, 0.1) is 0 Å². The highest BCUT2D eigenvalue weighted by Gasteiger charge is 2.45. The fourth-order valence-electron chi connectivity index (χ4n) is 9.52. The first-order valence-electron chi connectivity index (χ1n) is 19.6. The van der Waals surface area contributed by atoms with E-state index in [1.165, 1.54) is 22.3 Å². The number of imide groups is 2. The number of benzene rings is 4. The minimum absolute atomic E-state index is 0.0130. The third-order valence-electron chi connectivity index (χ3n) is 12.5. The number of piperidine rings is 1. The van der Waals surface area contributed by atoms with Crippen molar-refractivity contribution in [2.75, 3.05) is 19.6 Å². The van der Waals surface area contributed by atoms with Crippen LogP contribution >= 0.6 is 0 Å². The fourth-order valence-corrected chi connectivity index (χ4v) is 9.52. The van der Waals surface area contributed by atoms with Gasteiger partial charge in [-0.15, -0.1) is 0 Å². The van der Waals surface area contributed by atoms with Crippen LogP contribution in [-0.2, 0) is 33.9 Å². The number of rotatable bonds is 7. The molecular formula is C45H40N6O6. The van der Waals surface area contributed by atoms with Gasteiger partial charge in [0.05, 0.1) is 29.9 Å². The van der Waals surface area contributed by atoms with Gasteiger partial charge in [0.15, 0.2) is 0 Å². The highest BCUT2D eigenvalue weighted by atomic mass is 16.3. The maximum absolute atomic E-state index is 13.3. The van der Waals surface area contributed by atoms with E-state index in [0.717, 1.165) is 40.0 Å². The Morgan fingerprint density at radius 1 is 0.772 bits per heavy atom. The van der Waals surface area contributed by atoms with Crippen LogP contribution in [0.3, 0.4) is 0 Å². The molecule has 4 aromatic carbocycles. The van der Waals surface area contributed by atoms with E-state index in [9.17, 15) is 29.1 Å². The van der Waals surface area contributed by atoms with Crippen molar-refractivity contribution in [2.24, 2.45) is 0 Å². The number of aromatic nitrogens is 2. The normalized spacial score (nSPS) is 21.9. The monoisotopic (exact) mass is 760 g/mol. The van der Waals surface area contributed by atoms with Crippen LogP contribution in [-0.4, -0.2) is 84.8 Å². The Morgan fingerprint density at radius 2 is 1.49 bits per heavy atom. The van der Waals surface area contributed by atoms with Crippen molar-refractivity contribution < 1.29 is 29.1 Å². The van der Waals surface area contributed by atoms with E-state index in [2.05, 4.69) is 71.1 Å². The number of phenols is 1. The highest BCUT2D eigenvalue weighted by molar-refractivity contribution is 6.23. The molecule has 2 saturated heterocycles. The number of nitrogens with zero attached hydrogens (tertiary/aromatic N) is 5. The Balaban J connectivity index is 0.764. The second kappa shape index (κ2) is 13.7. The average Bonchev–Trinajstić information content (AvgIpc) is 3.89. The van der Waals surface area contributed by atoms with Crippen LogP contribution in [0.2, 0.25) is 0 Å². The zero-order chi connectivity index (χ0) is 38.9. The molecule has 5 amide bonds. The Kier molecular flexibility index (Phi) is 8.40. The quantitative estimate of drug-likeness (QED) is 0.223. The summed E-state index contributed by atoms with van der Waals surface area (Å²) in [7, 11) is 0. The van der Waals surface area contributed by atoms with E-state index in [1.807, 2.05) is 32.9 Å². The summed E-state index contributed by atoms with van der Waals surface area (Å²) < 4.78 is 1.95. The molecule has 57 heavy (non-hydrogen) atoms. The Labute approximate surface area is 328 Å². The van der Waals surface area contributed by atoms with Gasteiger partial charge in [0.2, 0.25) is 17.7 Å². The molecule has 0 saturated carbocycles. The molecule has 1 aliphatic carbocycles. The van der Waals surface area contributed by atoms with E-state index < -0.39 is 29.7 Å². The largest absolute Gasteiger partial charge is 0.508 e. The molecule has 5 aliphatic rings. The third kappa shape index (κ3) is 6.11. The van der Waals surface area contributed by atoms with Gasteiger partial charge in [-0.1, -0.05) is 60.7 Å². The van der Waals surface area contributed by atoms with Crippen LogP contribution in [0.25, 0.3) is 11.1 Å². The number of aromatic hydroxyl groups is 1. The van der Waals surface area contributed by atoms with Crippen molar-refractivity contribution in [1.82, 2.24) is 29.8 Å². The lowest BCUT2D eigenvalue weighted by atomic mass is 9.69. The summed E-state index contributed by atoms with van der Waals surface area (Å²) >= 11 is 0. The Morgan fingerprint density at radius 3 is 2.19 bits per heavy atom. The molecule has 0 spiro atoms. The lowest BCUT2D eigenvalue weighted by molar-refractivity contribution is -0.138. The van der Waals surface area contributed by atoms with Crippen LogP contribution in [0.4, 0.5) is 0 Å². The van der Waals surface area contributed by atoms with E-state index in [0.29, 0.717) is 37.8 Å². The van der Waals surface area contributed by atoms with Gasteiger partial charge in [0, 0.05) is 50.3 Å². The standard InChI is InChI=1S/C45H40N6O6/c52-34-11-13-36-29(16-34)10-12-35(27-4-2-1-3-5-27)42(36)28-8-6-26(7-9-28)32-19-46-50(22-32)33-23-49(24-33)41(54)25-48-20-30-17-37-38(18-31(30)21-48)45(57)51(44(37)56)39-14-15-40(53)47-43(39)55/h1-9,11,13,16-19,22,33,35,39,42,52H,10,12,14-15,20-21,23-25H2,(H,47,53,55)/t35-,39?,42+/m1/s1. The van der Waals surface area contributed by atoms with Gasteiger partial charge >= 0.3 is 0 Å². The smallest absolute Gasteiger partial charge is 0.262 e. The summed E-state index contributed by atoms with van der Waals surface area (Å²) in [6, 6.07) is 27.7. The second-order valence-electron chi connectivity index (χ2n) is 16.0. The molecule has 4 aliphatic heterocycles. The van der Waals surface area contributed by atoms with Gasteiger partial charge in [-0.25, -0.2) is 0 Å². The average molecular weight is 761 g/mol. The fraction of sp³-hybridized carbons (Fsp3) is 0.289. The number of carbonyl (C=O) groups is 5. The van der Waals surface area contributed by atoms with Crippen molar-refractivity contribution in [3.05, 3.63) is 142 Å². The zero-order valence-electron chi connectivity index (χ0n) is 31.1. The molecule has 1 aromatic heterocycles. The molecular weight excluding hydrogens is 721 g/mol. The van der Waals surface area contributed by atoms with Crippen molar-refractivity contribution >= 4 is 29.5 Å². The van der Waals surface area contributed by atoms with Gasteiger partial charge in [-0.05, 0) is 88.4 Å². The molecule has 1 unspecified atom stereocenters.